The number of nitrogens with zero attached hydrogens (tertiary/aromatic N) is 1. The van der Waals surface area contributed by atoms with Crippen molar-refractivity contribution in [1.29, 1.82) is 0 Å². The van der Waals surface area contributed by atoms with Gasteiger partial charge in [0, 0.05) is 12.1 Å². The molecule has 0 unspecified atom stereocenters. The number of anilines is 1. The second-order valence-corrected chi connectivity index (χ2v) is 4.25. The summed E-state index contributed by atoms with van der Waals surface area (Å²) in [6.07, 6.45) is -3.36. The number of hydrogen-bond acceptors (Lipinski definition) is 4. The molecule has 0 aliphatic carbocycles. The monoisotopic (exact) mass is 298 g/mol. The SMILES string of the molecule is COc1cccc(CNc2ccc(C(F)(F)F)nc2)c1O. The van der Waals surface area contributed by atoms with Gasteiger partial charge in [0.2, 0.25) is 0 Å². The number of para-hydroxylation sites is 1. The number of nitrogens with one attached hydrogen (secondary N) is 1. The summed E-state index contributed by atoms with van der Waals surface area (Å²) in [5, 5.41) is 12.8. The molecule has 1 aromatic carbocycles. The first-order chi connectivity index (χ1) is 9.91. The molecule has 0 saturated heterocycles. The second-order valence-electron chi connectivity index (χ2n) is 4.25. The summed E-state index contributed by atoms with van der Waals surface area (Å²) in [7, 11) is 1.44. The summed E-state index contributed by atoms with van der Waals surface area (Å²) in [5.41, 5.74) is 0.0387. The van der Waals surface area contributed by atoms with Gasteiger partial charge >= 0.3 is 6.18 Å². The third-order valence-electron chi connectivity index (χ3n) is 2.84. The van der Waals surface area contributed by atoms with Crippen LogP contribution in [0.1, 0.15) is 11.3 Å². The van der Waals surface area contributed by atoms with Crippen LogP contribution in [0.4, 0.5) is 18.9 Å². The van der Waals surface area contributed by atoms with Crippen molar-refractivity contribution in [3.63, 3.8) is 0 Å². The van der Waals surface area contributed by atoms with Crippen LogP contribution in [-0.4, -0.2) is 17.2 Å². The predicted octanol–water partition coefficient (Wildman–Crippen LogP) is 3.43. The molecule has 0 aliphatic heterocycles. The van der Waals surface area contributed by atoms with Crippen molar-refractivity contribution >= 4 is 5.69 Å². The number of rotatable bonds is 4. The number of benzene rings is 1. The topological polar surface area (TPSA) is 54.4 Å². The Hall–Kier alpha value is -2.44. The zero-order valence-electron chi connectivity index (χ0n) is 11.1. The van der Waals surface area contributed by atoms with Gasteiger partial charge in [-0.15, -0.1) is 0 Å². The van der Waals surface area contributed by atoms with E-state index in [0.717, 1.165) is 12.3 Å². The maximum absolute atomic E-state index is 12.4. The van der Waals surface area contributed by atoms with Gasteiger partial charge in [0.15, 0.2) is 11.5 Å². The molecule has 7 heteroatoms. The molecule has 1 heterocycles. The fourth-order valence-corrected chi connectivity index (χ4v) is 1.74. The molecular formula is C14H13F3N2O2. The van der Waals surface area contributed by atoms with Crippen molar-refractivity contribution in [2.24, 2.45) is 0 Å². The Bertz CT molecular complexity index is 613. The number of methoxy groups -OCH3 is 1. The summed E-state index contributed by atoms with van der Waals surface area (Å²) in [4.78, 5) is 3.34. The number of alkyl halides is 3. The van der Waals surface area contributed by atoms with Gasteiger partial charge in [0.25, 0.3) is 0 Å². The number of phenols is 1. The molecule has 0 amide bonds. The Kier molecular flexibility index (Phi) is 4.21. The van der Waals surface area contributed by atoms with Crippen LogP contribution in [0, 0.1) is 0 Å². The number of aromatic hydroxyl groups is 1. The molecule has 2 rings (SSSR count). The summed E-state index contributed by atoms with van der Waals surface area (Å²) in [5.74, 6) is 0.326. The van der Waals surface area contributed by atoms with E-state index < -0.39 is 11.9 Å². The number of hydrogen-bond donors (Lipinski definition) is 2. The average molecular weight is 298 g/mol. The van der Waals surface area contributed by atoms with E-state index in [1.807, 2.05) is 0 Å². The van der Waals surface area contributed by atoms with Gasteiger partial charge in [0.05, 0.1) is 19.0 Å². The van der Waals surface area contributed by atoms with Crippen LogP contribution in [-0.2, 0) is 12.7 Å². The Labute approximate surface area is 119 Å². The van der Waals surface area contributed by atoms with E-state index >= 15 is 0 Å². The number of ether oxygens (including phenoxy) is 1. The summed E-state index contributed by atoms with van der Waals surface area (Å²) in [6, 6.07) is 7.18. The van der Waals surface area contributed by atoms with Crippen molar-refractivity contribution in [2.75, 3.05) is 12.4 Å². The maximum atomic E-state index is 12.4. The van der Waals surface area contributed by atoms with Crippen LogP contribution in [0.2, 0.25) is 0 Å². The highest BCUT2D eigenvalue weighted by molar-refractivity contribution is 5.48. The van der Waals surface area contributed by atoms with Crippen LogP contribution in [0.5, 0.6) is 11.5 Å². The Morgan fingerprint density at radius 2 is 2.00 bits per heavy atom. The molecule has 0 saturated carbocycles. The Morgan fingerprint density at radius 3 is 2.57 bits per heavy atom. The van der Waals surface area contributed by atoms with E-state index in [4.69, 9.17) is 4.74 Å². The second kappa shape index (κ2) is 5.90. The van der Waals surface area contributed by atoms with Crippen LogP contribution < -0.4 is 10.1 Å². The summed E-state index contributed by atoms with van der Waals surface area (Å²) < 4.78 is 42.1. The lowest BCUT2D eigenvalue weighted by Gasteiger charge is -2.11. The average Bonchev–Trinajstić information content (AvgIpc) is 2.46. The van der Waals surface area contributed by atoms with Crippen LogP contribution in [0.15, 0.2) is 36.5 Å². The van der Waals surface area contributed by atoms with Crippen LogP contribution in [0.25, 0.3) is 0 Å². The van der Waals surface area contributed by atoms with Crippen molar-refractivity contribution in [2.45, 2.75) is 12.7 Å². The lowest BCUT2D eigenvalue weighted by molar-refractivity contribution is -0.141. The largest absolute Gasteiger partial charge is 0.504 e. The van der Waals surface area contributed by atoms with E-state index in [-0.39, 0.29) is 12.3 Å². The zero-order chi connectivity index (χ0) is 15.5. The molecule has 112 valence electrons. The summed E-state index contributed by atoms with van der Waals surface area (Å²) >= 11 is 0. The molecule has 0 aliphatic rings. The van der Waals surface area contributed by atoms with Gasteiger partial charge in [-0.3, -0.25) is 0 Å². The lowest BCUT2D eigenvalue weighted by atomic mass is 10.2. The van der Waals surface area contributed by atoms with Gasteiger partial charge in [-0.1, -0.05) is 12.1 Å². The number of aromatic nitrogens is 1. The first-order valence-corrected chi connectivity index (χ1v) is 6.04. The highest BCUT2D eigenvalue weighted by Gasteiger charge is 2.31. The van der Waals surface area contributed by atoms with Crippen molar-refractivity contribution < 1.29 is 23.0 Å². The van der Waals surface area contributed by atoms with Gasteiger partial charge in [-0.05, 0) is 18.2 Å². The third-order valence-corrected chi connectivity index (χ3v) is 2.84. The zero-order valence-corrected chi connectivity index (χ0v) is 11.1. The minimum atomic E-state index is -4.45. The normalized spacial score (nSPS) is 11.2. The predicted molar refractivity (Wildman–Crippen MR) is 71.2 cm³/mol. The van der Waals surface area contributed by atoms with Crippen LogP contribution in [0.3, 0.4) is 0 Å². The van der Waals surface area contributed by atoms with Gasteiger partial charge in [0.1, 0.15) is 5.69 Å². The fourth-order valence-electron chi connectivity index (χ4n) is 1.74. The minimum absolute atomic E-state index is 0.00706. The van der Waals surface area contributed by atoms with E-state index in [9.17, 15) is 18.3 Å². The standard InChI is InChI=1S/C14H13F3N2O2/c1-21-11-4-2-3-9(13(11)20)7-18-10-5-6-12(19-8-10)14(15,16)17/h2-6,8,18,20H,7H2,1H3. The highest BCUT2D eigenvalue weighted by atomic mass is 19.4. The molecule has 0 fully saturated rings. The van der Waals surface area contributed by atoms with Gasteiger partial charge in [-0.2, -0.15) is 13.2 Å². The molecule has 21 heavy (non-hydrogen) atoms. The van der Waals surface area contributed by atoms with Gasteiger partial charge in [-0.25, -0.2) is 4.98 Å². The molecule has 2 N–H and O–H groups in total. The van der Waals surface area contributed by atoms with E-state index in [2.05, 4.69) is 10.3 Å². The lowest BCUT2D eigenvalue weighted by Crippen LogP contribution is -2.08. The number of halogens is 3. The third kappa shape index (κ3) is 3.56. The molecule has 0 atom stereocenters. The van der Waals surface area contributed by atoms with E-state index in [1.165, 1.54) is 13.2 Å². The number of phenolic OH excluding ortho intramolecular Hbond substituents is 1. The maximum Gasteiger partial charge on any atom is 0.433 e. The summed E-state index contributed by atoms with van der Waals surface area (Å²) in [6.45, 7) is 0.232. The molecule has 1 aromatic heterocycles. The molecule has 2 aromatic rings. The first-order valence-electron chi connectivity index (χ1n) is 6.04. The highest BCUT2D eigenvalue weighted by Crippen LogP contribution is 2.30. The molecule has 0 bridgehead atoms. The smallest absolute Gasteiger partial charge is 0.433 e. The molecule has 4 nitrogen and oxygen atoms in total. The Morgan fingerprint density at radius 1 is 1.24 bits per heavy atom. The first kappa shape index (κ1) is 15.0. The molecule has 0 radical (unpaired) electrons. The van der Waals surface area contributed by atoms with Crippen LogP contribution >= 0.6 is 0 Å². The van der Waals surface area contributed by atoms with Crippen molar-refractivity contribution in [1.82, 2.24) is 4.98 Å². The van der Waals surface area contributed by atoms with Crippen molar-refractivity contribution in [3.05, 3.63) is 47.8 Å². The van der Waals surface area contributed by atoms with Gasteiger partial charge < -0.3 is 15.2 Å². The Balaban J connectivity index is 2.07. The molecule has 0 spiro atoms. The van der Waals surface area contributed by atoms with Crippen molar-refractivity contribution in [3.8, 4) is 11.5 Å². The minimum Gasteiger partial charge on any atom is -0.504 e. The fraction of sp³-hybridized carbons (Fsp3) is 0.214. The quantitative estimate of drug-likeness (QED) is 0.908. The molecular weight excluding hydrogens is 285 g/mol. The van der Waals surface area contributed by atoms with E-state index in [1.54, 1.807) is 18.2 Å². The van der Waals surface area contributed by atoms with E-state index in [0.29, 0.717) is 17.0 Å². The number of pyridine rings is 1.